The fourth-order valence-electron chi connectivity index (χ4n) is 2.51. The van der Waals surface area contributed by atoms with Crippen LogP contribution in [-0.2, 0) is 0 Å². The molecule has 1 saturated heterocycles. The zero-order chi connectivity index (χ0) is 11.9. The molecule has 5 heteroatoms. The van der Waals surface area contributed by atoms with Crippen molar-refractivity contribution in [2.45, 2.75) is 12.3 Å². The number of nitrogens with one attached hydrogen (secondary N) is 1. The van der Waals surface area contributed by atoms with E-state index in [9.17, 15) is 0 Å². The van der Waals surface area contributed by atoms with Crippen molar-refractivity contribution in [2.24, 2.45) is 0 Å². The van der Waals surface area contributed by atoms with Gasteiger partial charge in [-0.1, -0.05) is 0 Å². The third-order valence-corrected chi connectivity index (χ3v) is 4.64. The summed E-state index contributed by atoms with van der Waals surface area (Å²) >= 11 is 2.00. The van der Waals surface area contributed by atoms with Gasteiger partial charge >= 0.3 is 0 Å². The maximum atomic E-state index is 5.59. The Bertz CT molecular complexity index is 547. The SMILES string of the molecule is c1c2c(cc3[nH]c(C4CCSC4)nc13)OCCO2. The summed E-state index contributed by atoms with van der Waals surface area (Å²) in [5, 5.41) is 0. The normalized spacial score (nSPS) is 22.6. The van der Waals surface area contributed by atoms with Crippen LogP contribution in [0.5, 0.6) is 11.5 Å². The fraction of sp³-hybridized carbons (Fsp3) is 0.462. The first-order chi connectivity index (χ1) is 8.90. The van der Waals surface area contributed by atoms with Crippen molar-refractivity contribution in [1.29, 1.82) is 0 Å². The van der Waals surface area contributed by atoms with Crippen LogP contribution >= 0.6 is 11.8 Å². The lowest BCUT2D eigenvalue weighted by molar-refractivity contribution is 0.172. The molecule has 4 nitrogen and oxygen atoms in total. The molecule has 4 rings (SSSR count). The van der Waals surface area contributed by atoms with Crippen molar-refractivity contribution in [3.05, 3.63) is 18.0 Å². The van der Waals surface area contributed by atoms with E-state index in [1.165, 1.54) is 17.9 Å². The summed E-state index contributed by atoms with van der Waals surface area (Å²) in [6, 6.07) is 3.98. The maximum Gasteiger partial charge on any atom is 0.163 e. The molecular weight excluding hydrogens is 248 g/mol. The van der Waals surface area contributed by atoms with Gasteiger partial charge in [0.2, 0.25) is 0 Å². The fourth-order valence-corrected chi connectivity index (χ4v) is 3.74. The summed E-state index contributed by atoms with van der Waals surface area (Å²) in [7, 11) is 0. The number of aromatic amines is 1. The Morgan fingerprint density at radius 2 is 2.06 bits per heavy atom. The minimum absolute atomic E-state index is 0.571. The minimum Gasteiger partial charge on any atom is -0.486 e. The number of rotatable bonds is 1. The standard InChI is InChI=1S/C13H14N2O2S/c1-4-18-7-8(1)13-14-9-5-11-12(6-10(9)15-13)17-3-2-16-11/h5-6,8H,1-4,7H2,(H,14,15). The Kier molecular flexibility index (Phi) is 2.40. The molecule has 1 N–H and O–H groups in total. The highest BCUT2D eigenvalue weighted by Gasteiger charge is 2.22. The Labute approximate surface area is 109 Å². The molecule has 0 spiro atoms. The van der Waals surface area contributed by atoms with Gasteiger partial charge in [-0.15, -0.1) is 0 Å². The van der Waals surface area contributed by atoms with Crippen LogP contribution in [0.2, 0.25) is 0 Å². The molecule has 0 aliphatic carbocycles. The number of fused-ring (bicyclic) bond motifs is 2. The Morgan fingerprint density at radius 1 is 1.22 bits per heavy atom. The molecular formula is C13H14N2O2S. The van der Waals surface area contributed by atoms with Crippen molar-refractivity contribution in [3.8, 4) is 11.5 Å². The molecule has 2 aromatic rings. The predicted octanol–water partition coefficient (Wildman–Crippen LogP) is 2.55. The molecule has 1 atom stereocenters. The van der Waals surface area contributed by atoms with Crippen molar-refractivity contribution in [3.63, 3.8) is 0 Å². The highest BCUT2D eigenvalue weighted by atomic mass is 32.2. The van der Waals surface area contributed by atoms with E-state index in [-0.39, 0.29) is 0 Å². The Balaban J connectivity index is 1.79. The van der Waals surface area contributed by atoms with Gasteiger partial charge in [0.05, 0.1) is 11.0 Å². The van der Waals surface area contributed by atoms with Crippen LogP contribution in [0.4, 0.5) is 0 Å². The second-order valence-electron chi connectivity index (χ2n) is 4.70. The van der Waals surface area contributed by atoms with Crippen LogP contribution in [0, 0.1) is 0 Å². The molecule has 0 amide bonds. The van der Waals surface area contributed by atoms with Crippen LogP contribution in [0.3, 0.4) is 0 Å². The van der Waals surface area contributed by atoms with Crippen molar-refractivity contribution in [2.75, 3.05) is 24.7 Å². The summed E-state index contributed by atoms with van der Waals surface area (Å²) < 4.78 is 11.2. The number of hydrogen-bond donors (Lipinski definition) is 1. The third-order valence-electron chi connectivity index (χ3n) is 3.48. The predicted molar refractivity (Wildman–Crippen MR) is 71.8 cm³/mol. The Hall–Kier alpha value is -1.36. The van der Waals surface area contributed by atoms with E-state index in [2.05, 4.69) is 4.98 Å². The quantitative estimate of drug-likeness (QED) is 0.858. The van der Waals surface area contributed by atoms with Gasteiger partial charge in [-0.3, -0.25) is 0 Å². The van der Waals surface area contributed by atoms with Gasteiger partial charge in [-0.25, -0.2) is 4.98 Å². The van der Waals surface area contributed by atoms with Gasteiger partial charge in [0.1, 0.15) is 19.0 Å². The summed E-state index contributed by atoms with van der Waals surface area (Å²) in [5.41, 5.74) is 2.03. The molecule has 1 unspecified atom stereocenters. The lowest BCUT2D eigenvalue weighted by Crippen LogP contribution is -2.15. The molecule has 18 heavy (non-hydrogen) atoms. The number of thioether (sulfide) groups is 1. The van der Waals surface area contributed by atoms with Gasteiger partial charge in [0.15, 0.2) is 11.5 Å². The average Bonchev–Trinajstić information content (AvgIpc) is 3.04. The highest BCUT2D eigenvalue weighted by molar-refractivity contribution is 7.99. The van der Waals surface area contributed by atoms with E-state index < -0.39 is 0 Å². The van der Waals surface area contributed by atoms with E-state index in [0.29, 0.717) is 19.1 Å². The zero-order valence-corrected chi connectivity index (χ0v) is 10.8. The molecule has 1 fully saturated rings. The van der Waals surface area contributed by atoms with Crippen molar-refractivity contribution in [1.82, 2.24) is 9.97 Å². The molecule has 1 aromatic carbocycles. The zero-order valence-electron chi connectivity index (χ0n) is 9.94. The average molecular weight is 262 g/mol. The van der Waals surface area contributed by atoms with E-state index in [1.807, 2.05) is 23.9 Å². The second kappa shape index (κ2) is 4.09. The first-order valence-corrected chi connectivity index (χ1v) is 7.42. The first-order valence-electron chi connectivity index (χ1n) is 6.27. The first kappa shape index (κ1) is 10.6. The summed E-state index contributed by atoms with van der Waals surface area (Å²) in [4.78, 5) is 8.13. The van der Waals surface area contributed by atoms with Crippen LogP contribution in [-0.4, -0.2) is 34.7 Å². The van der Waals surface area contributed by atoms with Crippen molar-refractivity contribution >= 4 is 22.8 Å². The number of hydrogen-bond acceptors (Lipinski definition) is 4. The van der Waals surface area contributed by atoms with Crippen LogP contribution in [0.15, 0.2) is 12.1 Å². The molecule has 2 aliphatic heterocycles. The highest BCUT2D eigenvalue weighted by Crippen LogP contribution is 2.36. The number of benzene rings is 1. The summed E-state index contributed by atoms with van der Waals surface area (Å²) in [6.07, 6.45) is 1.22. The summed E-state index contributed by atoms with van der Waals surface area (Å²) in [5.74, 6) is 5.73. The second-order valence-corrected chi connectivity index (χ2v) is 5.85. The smallest absolute Gasteiger partial charge is 0.163 e. The van der Waals surface area contributed by atoms with Crippen LogP contribution < -0.4 is 9.47 Å². The van der Waals surface area contributed by atoms with Crippen LogP contribution in [0.1, 0.15) is 18.2 Å². The molecule has 0 radical (unpaired) electrons. The third kappa shape index (κ3) is 1.65. The van der Waals surface area contributed by atoms with E-state index in [4.69, 9.17) is 14.5 Å². The number of nitrogens with zero attached hydrogens (tertiary/aromatic N) is 1. The van der Waals surface area contributed by atoms with Gasteiger partial charge in [-0.05, 0) is 12.2 Å². The van der Waals surface area contributed by atoms with Gasteiger partial charge in [0, 0.05) is 23.8 Å². The maximum absolute atomic E-state index is 5.59. The minimum atomic E-state index is 0.571. The van der Waals surface area contributed by atoms with E-state index in [1.54, 1.807) is 0 Å². The van der Waals surface area contributed by atoms with E-state index in [0.717, 1.165) is 28.4 Å². The molecule has 1 aromatic heterocycles. The van der Waals surface area contributed by atoms with Crippen LogP contribution in [0.25, 0.3) is 11.0 Å². The number of ether oxygens (including phenoxy) is 2. The van der Waals surface area contributed by atoms with Gasteiger partial charge in [0.25, 0.3) is 0 Å². The molecule has 0 bridgehead atoms. The largest absolute Gasteiger partial charge is 0.486 e. The number of imidazole rings is 1. The molecule has 2 aliphatic rings. The monoisotopic (exact) mass is 262 g/mol. The number of aromatic nitrogens is 2. The van der Waals surface area contributed by atoms with Crippen molar-refractivity contribution < 1.29 is 9.47 Å². The number of H-pyrrole nitrogens is 1. The molecule has 94 valence electrons. The van der Waals surface area contributed by atoms with Gasteiger partial charge < -0.3 is 14.5 Å². The topological polar surface area (TPSA) is 47.1 Å². The van der Waals surface area contributed by atoms with E-state index >= 15 is 0 Å². The lowest BCUT2D eigenvalue weighted by atomic mass is 10.1. The molecule has 3 heterocycles. The van der Waals surface area contributed by atoms with Gasteiger partial charge in [-0.2, -0.15) is 11.8 Å². The Morgan fingerprint density at radius 3 is 2.83 bits per heavy atom. The summed E-state index contributed by atoms with van der Waals surface area (Å²) in [6.45, 7) is 1.24. The lowest BCUT2D eigenvalue weighted by Gasteiger charge is -2.17. The molecule has 0 saturated carbocycles.